The van der Waals surface area contributed by atoms with Crippen LogP contribution in [-0.2, 0) is 9.59 Å². The van der Waals surface area contributed by atoms with E-state index in [1.807, 2.05) is 0 Å². The first kappa shape index (κ1) is 24.7. The molecular weight excluding hydrogens is 497 g/mol. The minimum atomic E-state index is -0.723. The van der Waals surface area contributed by atoms with Crippen molar-refractivity contribution in [3.05, 3.63) is 67.8 Å². The maximum absolute atomic E-state index is 13.2. The van der Waals surface area contributed by atoms with Gasteiger partial charge in [-0.05, 0) is 47.7 Å². The number of imide groups is 1. The third-order valence-electron chi connectivity index (χ3n) is 4.20. The minimum Gasteiger partial charge on any atom is -0.396 e. The molecule has 9 nitrogen and oxygen atoms in total. The lowest BCUT2D eigenvalue weighted by Crippen LogP contribution is -2.36. The number of aliphatic hydroxyl groups excluding tert-OH is 1. The molecule has 33 heavy (non-hydrogen) atoms. The number of carbonyl (C=O) groups excluding carboxylic acids is 3. The van der Waals surface area contributed by atoms with E-state index in [9.17, 15) is 28.9 Å². The number of hydrogen-bond donors (Lipinski definition) is 2. The summed E-state index contributed by atoms with van der Waals surface area (Å²) in [5, 5.41) is 21.8. The number of hydrogen-bond acceptors (Lipinski definition) is 8. The van der Waals surface area contributed by atoms with E-state index in [0.717, 1.165) is 22.7 Å². The molecule has 13 heteroatoms. The summed E-state index contributed by atoms with van der Waals surface area (Å²) < 4.78 is 13.2. The second kappa shape index (κ2) is 10.8. The molecule has 3 rings (SSSR count). The number of aliphatic hydroxyl groups is 1. The molecule has 0 unspecified atom stereocenters. The number of nitro benzene ring substituents is 1. The highest BCUT2D eigenvalue weighted by atomic mass is 35.5. The van der Waals surface area contributed by atoms with E-state index in [4.69, 9.17) is 16.7 Å². The molecule has 0 saturated carbocycles. The van der Waals surface area contributed by atoms with E-state index < -0.39 is 34.3 Å². The molecule has 1 heterocycles. The molecule has 0 aromatic heterocycles. The van der Waals surface area contributed by atoms with E-state index in [1.54, 1.807) is 6.07 Å². The zero-order valence-corrected chi connectivity index (χ0v) is 19.0. The van der Waals surface area contributed by atoms with Gasteiger partial charge in [0, 0.05) is 17.5 Å². The molecule has 2 aromatic carbocycles. The van der Waals surface area contributed by atoms with E-state index in [0.29, 0.717) is 22.2 Å². The van der Waals surface area contributed by atoms with Crippen molar-refractivity contribution < 1.29 is 28.8 Å². The second-order valence-corrected chi connectivity index (χ2v) is 9.04. The maximum atomic E-state index is 13.2. The summed E-state index contributed by atoms with van der Waals surface area (Å²) in [5.41, 5.74) is 0.324. The van der Waals surface area contributed by atoms with Gasteiger partial charge in [0.15, 0.2) is 0 Å². The number of nitrogens with zero attached hydrogens (tertiary/aromatic N) is 2. The average molecular weight is 512 g/mol. The molecule has 1 saturated heterocycles. The molecule has 0 radical (unpaired) electrons. The lowest BCUT2D eigenvalue weighted by Gasteiger charge is -2.12. The fourth-order valence-electron chi connectivity index (χ4n) is 2.75. The van der Waals surface area contributed by atoms with Crippen LogP contribution in [-0.4, -0.2) is 50.9 Å². The number of thioether (sulfide) groups is 2. The van der Waals surface area contributed by atoms with Gasteiger partial charge in [-0.3, -0.25) is 29.4 Å². The summed E-state index contributed by atoms with van der Waals surface area (Å²) in [7, 11) is 0. The van der Waals surface area contributed by atoms with Crippen LogP contribution in [0.3, 0.4) is 0 Å². The predicted molar refractivity (Wildman–Crippen MR) is 124 cm³/mol. The third kappa shape index (κ3) is 6.11. The van der Waals surface area contributed by atoms with Gasteiger partial charge in [0.25, 0.3) is 16.8 Å². The van der Waals surface area contributed by atoms with Gasteiger partial charge in [0.1, 0.15) is 12.4 Å². The number of anilines is 1. The molecule has 2 aromatic rings. The van der Waals surface area contributed by atoms with Crippen molar-refractivity contribution in [1.29, 1.82) is 0 Å². The Kier molecular flexibility index (Phi) is 8.08. The Hall–Kier alpha value is -2.93. The molecule has 172 valence electrons. The molecular formula is C20H15ClFN3O6S2. The molecule has 0 atom stereocenters. The lowest BCUT2D eigenvalue weighted by atomic mass is 10.2. The zero-order valence-electron chi connectivity index (χ0n) is 16.6. The van der Waals surface area contributed by atoms with Gasteiger partial charge in [-0.1, -0.05) is 17.7 Å². The number of nitro groups is 1. The van der Waals surface area contributed by atoms with Crippen LogP contribution < -0.4 is 5.32 Å². The molecule has 1 fully saturated rings. The first-order valence-corrected chi connectivity index (χ1v) is 11.4. The van der Waals surface area contributed by atoms with Gasteiger partial charge in [-0.2, -0.15) is 0 Å². The van der Waals surface area contributed by atoms with Crippen molar-refractivity contribution in [2.75, 3.05) is 24.2 Å². The van der Waals surface area contributed by atoms with Crippen LogP contribution in [0.15, 0.2) is 46.2 Å². The Morgan fingerprint density at radius 3 is 2.73 bits per heavy atom. The van der Waals surface area contributed by atoms with Crippen molar-refractivity contribution in [2.24, 2.45) is 0 Å². The number of nitrogens with one attached hydrogen (secondary N) is 1. The molecule has 0 bridgehead atoms. The zero-order chi connectivity index (χ0) is 24.1. The highest BCUT2D eigenvalue weighted by molar-refractivity contribution is 8.18. The van der Waals surface area contributed by atoms with Crippen molar-refractivity contribution in [2.45, 2.75) is 4.90 Å². The van der Waals surface area contributed by atoms with Crippen LogP contribution in [0.1, 0.15) is 5.56 Å². The fraction of sp³-hybridized carbons (Fsp3) is 0.150. The molecule has 3 amide bonds. The minimum absolute atomic E-state index is 0.00249. The number of benzene rings is 2. The van der Waals surface area contributed by atoms with Gasteiger partial charge in [0.2, 0.25) is 5.91 Å². The Bertz CT molecular complexity index is 1180. The number of rotatable bonds is 8. The summed E-state index contributed by atoms with van der Waals surface area (Å²) in [4.78, 5) is 49.0. The Morgan fingerprint density at radius 2 is 2.06 bits per heavy atom. The van der Waals surface area contributed by atoms with Gasteiger partial charge < -0.3 is 10.4 Å². The normalized spacial score (nSPS) is 14.8. The molecule has 2 N–H and O–H groups in total. The van der Waals surface area contributed by atoms with Crippen molar-refractivity contribution in [3.8, 4) is 0 Å². The van der Waals surface area contributed by atoms with Gasteiger partial charge >= 0.3 is 0 Å². The Morgan fingerprint density at radius 1 is 1.30 bits per heavy atom. The summed E-state index contributed by atoms with van der Waals surface area (Å²) in [5.74, 6) is -1.79. The number of amides is 3. The summed E-state index contributed by atoms with van der Waals surface area (Å²) >= 11 is 7.38. The third-order valence-corrected chi connectivity index (χ3v) is 6.44. The van der Waals surface area contributed by atoms with Crippen LogP contribution >= 0.6 is 35.1 Å². The predicted octanol–water partition coefficient (Wildman–Crippen LogP) is 4.15. The van der Waals surface area contributed by atoms with Crippen LogP contribution in [0.25, 0.3) is 6.08 Å². The average Bonchev–Trinajstić information content (AvgIpc) is 3.02. The summed E-state index contributed by atoms with van der Waals surface area (Å²) in [6, 6.07) is 7.84. The second-order valence-electron chi connectivity index (χ2n) is 6.50. The highest BCUT2D eigenvalue weighted by Crippen LogP contribution is 2.35. The van der Waals surface area contributed by atoms with E-state index >= 15 is 0 Å². The molecule has 1 aliphatic rings. The lowest BCUT2D eigenvalue weighted by molar-refractivity contribution is -0.387. The molecule has 0 spiro atoms. The topological polar surface area (TPSA) is 130 Å². The smallest absolute Gasteiger partial charge is 0.294 e. The summed E-state index contributed by atoms with van der Waals surface area (Å²) in [6.07, 6.45) is 1.33. The molecule has 1 aliphatic heterocycles. The maximum Gasteiger partial charge on any atom is 0.294 e. The SMILES string of the molecule is O=C(CN1C(=O)S/C(=C\c2ccc(SCCO)c([N+](=O)[O-])c2)C1=O)Nc1ccc(F)c(Cl)c1. The first-order chi connectivity index (χ1) is 15.7. The summed E-state index contributed by atoms with van der Waals surface area (Å²) in [6.45, 7) is -0.716. The van der Waals surface area contributed by atoms with Crippen molar-refractivity contribution in [1.82, 2.24) is 4.90 Å². The van der Waals surface area contributed by atoms with E-state index in [1.165, 1.54) is 30.3 Å². The van der Waals surface area contributed by atoms with Crippen LogP contribution in [0.2, 0.25) is 5.02 Å². The number of carbonyl (C=O) groups is 3. The Labute approximate surface area is 200 Å². The Balaban J connectivity index is 1.73. The van der Waals surface area contributed by atoms with Crippen LogP contribution in [0.5, 0.6) is 0 Å². The number of halogens is 2. The molecule has 0 aliphatic carbocycles. The largest absolute Gasteiger partial charge is 0.396 e. The first-order valence-electron chi connectivity index (χ1n) is 9.22. The highest BCUT2D eigenvalue weighted by Gasteiger charge is 2.36. The van der Waals surface area contributed by atoms with Crippen molar-refractivity contribution >= 4 is 69.6 Å². The van der Waals surface area contributed by atoms with Crippen LogP contribution in [0, 0.1) is 15.9 Å². The van der Waals surface area contributed by atoms with E-state index in [2.05, 4.69) is 5.32 Å². The van der Waals surface area contributed by atoms with E-state index in [-0.39, 0.29) is 33.7 Å². The standard InChI is InChI=1S/C20H15ClFN3O6S2/c21-13-9-12(2-3-14(13)22)23-18(27)10-24-19(28)17(33-20(24)29)8-11-1-4-16(32-6-5-26)15(7-11)25(30)31/h1-4,7-9,26H,5-6,10H2,(H,23,27)/b17-8-. The monoisotopic (exact) mass is 511 g/mol. The van der Waals surface area contributed by atoms with Gasteiger partial charge in [0.05, 0.1) is 26.4 Å². The van der Waals surface area contributed by atoms with Gasteiger partial charge in [-0.15, -0.1) is 11.8 Å². The van der Waals surface area contributed by atoms with Crippen molar-refractivity contribution in [3.63, 3.8) is 0 Å². The van der Waals surface area contributed by atoms with Crippen LogP contribution in [0.4, 0.5) is 20.6 Å². The fourth-order valence-corrected chi connectivity index (χ4v) is 4.53. The quantitative estimate of drug-likeness (QED) is 0.234. The van der Waals surface area contributed by atoms with Gasteiger partial charge in [-0.25, -0.2) is 4.39 Å².